The van der Waals surface area contributed by atoms with Gasteiger partial charge in [-0.2, -0.15) is 0 Å². The molecule has 0 bridgehead atoms. The zero-order chi connectivity index (χ0) is 8.65. The lowest BCUT2D eigenvalue weighted by atomic mass is 9.67. The predicted molar refractivity (Wildman–Crippen MR) is 46.3 cm³/mol. The fourth-order valence-corrected chi connectivity index (χ4v) is 1.54. The summed E-state index contributed by atoms with van der Waals surface area (Å²) in [6.07, 6.45) is 2.00. The molecule has 1 unspecified atom stereocenters. The first-order valence-corrected chi connectivity index (χ1v) is 4.19. The van der Waals surface area contributed by atoms with Crippen molar-refractivity contribution in [2.24, 2.45) is 11.3 Å². The van der Waals surface area contributed by atoms with Gasteiger partial charge in [0.15, 0.2) is 5.78 Å². The first kappa shape index (κ1) is 8.51. The van der Waals surface area contributed by atoms with Gasteiger partial charge in [0, 0.05) is 5.41 Å². The lowest BCUT2D eigenvalue weighted by Crippen LogP contribution is -2.36. The van der Waals surface area contributed by atoms with E-state index >= 15 is 0 Å². The highest BCUT2D eigenvalue weighted by atomic mass is 16.1. The number of ketones is 1. The molecular formula is C10H16O. The third-order valence-electron chi connectivity index (χ3n) is 3.02. The molecule has 0 amide bonds. The lowest BCUT2D eigenvalue weighted by Gasteiger charge is -2.35. The van der Waals surface area contributed by atoms with E-state index in [0.717, 1.165) is 18.4 Å². The Balaban J connectivity index is 2.89. The summed E-state index contributed by atoms with van der Waals surface area (Å²) in [4.78, 5) is 11.6. The van der Waals surface area contributed by atoms with E-state index in [4.69, 9.17) is 0 Å². The van der Waals surface area contributed by atoms with E-state index in [2.05, 4.69) is 13.5 Å². The smallest absolute Gasteiger partial charge is 0.164 e. The fourth-order valence-electron chi connectivity index (χ4n) is 1.54. The van der Waals surface area contributed by atoms with Gasteiger partial charge in [0.2, 0.25) is 0 Å². The van der Waals surface area contributed by atoms with Crippen LogP contribution in [0.3, 0.4) is 0 Å². The Morgan fingerprint density at radius 2 is 2.09 bits per heavy atom. The van der Waals surface area contributed by atoms with Crippen molar-refractivity contribution < 1.29 is 4.79 Å². The monoisotopic (exact) mass is 152 g/mol. The Kier molecular flexibility index (Phi) is 1.91. The highest BCUT2D eigenvalue weighted by molar-refractivity contribution is 5.99. The molecule has 0 heterocycles. The molecule has 0 aromatic rings. The van der Waals surface area contributed by atoms with Gasteiger partial charge < -0.3 is 0 Å². The molecule has 0 saturated heterocycles. The second-order valence-corrected chi connectivity index (χ2v) is 4.09. The Labute approximate surface area is 68.5 Å². The van der Waals surface area contributed by atoms with Crippen LogP contribution in [0.15, 0.2) is 12.2 Å². The molecule has 1 heteroatoms. The molecule has 1 saturated carbocycles. The third kappa shape index (κ3) is 1.24. The van der Waals surface area contributed by atoms with Gasteiger partial charge in [-0.25, -0.2) is 0 Å². The molecule has 0 N–H and O–H groups in total. The van der Waals surface area contributed by atoms with Crippen LogP contribution in [0, 0.1) is 11.3 Å². The summed E-state index contributed by atoms with van der Waals surface area (Å²) in [6, 6.07) is 0. The van der Waals surface area contributed by atoms with Gasteiger partial charge in [0.25, 0.3) is 0 Å². The van der Waals surface area contributed by atoms with Gasteiger partial charge in [-0.15, -0.1) is 0 Å². The van der Waals surface area contributed by atoms with Crippen molar-refractivity contribution in [1.29, 1.82) is 0 Å². The van der Waals surface area contributed by atoms with Crippen molar-refractivity contribution in [3.8, 4) is 0 Å². The molecule has 0 spiro atoms. The second kappa shape index (κ2) is 2.47. The minimum absolute atomic E-state index is 0.171. The molecule has 0 radical (unpaired) electrons. The summed E-state index contributed by atoms with van der Waals surface area (Å²) in [5, 5.41) is 0. The molecule has 1 aliphatic carbocycles. The number of carbonyl (C=O) groups is 1. The Morgan fingerprint density at radius 1 is 1.55 bits per heavy atom. The number of rotatable bonds is 0. The van der Waals surface area contributed by atoms with Crippen LogP contribution in [0.1, 0.15) is 33.6 Å². The molecule has 11 heavy (non-hydrogen) atoms. The summed E-state index contributed by atoms with van der Waals surface area (Å²) in [5.41, 5.74) is 0.642. The van der Waals surface area contributed by atoms with Gasteiger partial charge in [-0.05, 0) is 24.3 Å². The lowest BCUT2D eigenvalue weighted by molar-refractivity contribution is -0.127. The standard InChI is InChI=1S/C10H16O/c1-7-5-6-8(2)10(3,4)9(7)11/h8H,1,5-6H2,2-4H3. The van der Waals surface area contributed by atoms with E-state index in [1.807, 2.05) is 13.8 Å². The second-order valence-electron chi connectivity index (χ2n) is 4.09. The Morgan fingerprint density at radius 3 is 2.55 bits per heavy atom. The summed E-state index contributed by atoms with van der Waals surface area (Å²) < 4.78 is 0. The largest absolute Gasteiger partial charge is 0.294 e. The minimum atomic E-state index is -0.171. The number of hydrogen-bond donors (Lipinski definition) is 0. The van der Waals surface area contributed by atoms with Gasteiger partial charge in [0.1, 0.15) is 0 Å². The van der Waals surface area contributed by atoms with Crippen molar-refractivity contribution in [3.63, 3.8) is 0 Å². The first-order chi connectivity index (χ1) is 4.96. The molecule has 0 aromatic heterocycles. The fraction of sp³-hybridized carbons (Fsp3) is 0.700. The topological polar surface area (TPSA) is 17.1 Å². The first-order valence-electron chi connectivity index (χ1n) is 4.19. The molecule has 1 rings (SSSR count). The maximum Gasteiger partial charge on any atom is 0.164 e. The van der Waals surface area contributed by atoms with Crippen LogP contribution in [-0.2, 0) is 4.79 Å². The Bertz CT molecular complexity index is 201. The molecule has 1 nitrogen and oxygen atoms in total. The van der Waals surface area contributed by atoms with Crippen LogP contribution >= 0.6 is 0 Å². The number of carbonyl (C=O) groups excluding carboxylic acids is 1. The Hall–Kier alpha value is -0.590. The SMILES string of the molecule is C=C1CCC(C)C(C)(C)C1=O. The summed E-state index contributed by atoms with van der Waals surface area (Å²) in [6.45, 7) is 9.96. The highest BCUT2D eigenvalue weighted by Crippen LogP contribution is 2.39. The number of Topliss-reactive ketones (excluding diaryl/α,β-unsaturated/α-hetero) is 1. The van der Waals surface area contributed by atoms with Crippen LogP contribution in [0.2, 0.25) is 0 Å². The van der Waals surface area contributed by atoms with Crippen molar-refractivity contribution in [2.75, 3.05) is 0 Å². The van der Waals surface area contributed by atoms with Gasteiger partial charge in [-0.1, -0.05) is 27.4 Å². The van der Waals surface area contributed by atoms with Gasteiger partial charge >= 0.3 is 0 Å². The minimum Gasteiger partial charge on any atom is -0.294 e. The summed E-state index contributed by atoms with van der Waals surface area (Å²) in [7, 11) is 0. The van der Waals surface area contributed by atoms with Crippen LogP contribution < -0.4 is 0 Å². The average molecular weight is 152 g/mol. The van der Waals surface area contributed by atoms with E-state index in [9.17, 15) is 4.79 Å². The van der Waals surface area contributed by atoms with E-state index in [1.54, 1.807) is 0 Å². The van der Waals surface area contributed by atoms with Crippen LogP contribution in [0.5, 0.6) is 0 Å². The summed E-state index contributed by atoms with van der Waals surface area (Å²) >= 11 is 0. The number of allylic oxidation sites excluding steroid dienone is 1. The van der Waals surface area contributed by atoms with E-state index in [0.29, 0.717) is 5.92 Å². The van der Waals surface area contributed by atoms with E-state index in [-0.39, 0.29) is 11.2 Å². The van der Waals surface area contributed by atoms with Crippen LogP contribution in [0.25, 0.3) is 0 Å². The molecule has 0 aliphatic heterocycles. The van der Waals surface area contributed by atoms with Crippen LogP contribution in [0.4, 0.5) is 0 Å². The quantitative estimate of drug-likeness (QED) is 0.487. The molecule has 1 fully saturated rings. The zero-order valence-corrected chi connectivity index (χ0v) is 7.61. The molecular weight excluding hydrogens is 136 g/mol. The normalized spacial score (nSPS) is 30.6. The van der Waals surface area contributed by atoms with Crippen molar-refractivity contribution in [2.45, 2.75) is 33.6 Å². The van der Waals surface area contributed by atoms with Crippen LogP contribution in [-0.4, -0.2) is 5.78 Å². The maximum absolute atomic E-state index is 11.6. The van der Waals surface area contributed by atoms with Crippen molar-refractivity contribution >= 4 is 5.78 Å². The maximum atomic E-state index is 11.6. The molecule has 1 atom stereocenters. The highest BCUT2D eigenvalue weighted by Gasteiger charge is 2.38. The predicted octanol–water partition coefficient (Wildman–Crippen LogP) is 2.57. The molecule has 0 aromatic carbocycles. The molecule has 1 aliphatic rings. The van der Waals surface area contributed by atoms with Crippen molar-refractivity contribution in [3.05, 3.63) is 12.2 Å². The number of hydrogen-bond acceptors (Lipinski definition) is 1. The van der Waals surface area contributed by atoms with E-state index < -0.39 is 0 Å². The summed E-state index contributed by atoms with van der Waals surface area (Å²) in [5.74, 6) is 0.761. The van der Waals surface area contributed by atoms with Gasteiger partial charge in [-0.3, -0.25) is 4.79 Å². The third-order valence-corrected chi connectivity index (χ3v) is 3.02. The zero-order valence-electron chi connectivity index (χ0n) is 7.61. The average Bonchev–Trinajstić information content (AvgIpc) is 1.95. The van der Waals surface area contributed by atoms with Crippen molar-refractivity contribution in [1.82, 2.24) is 0 Å². The van der Waals surface area contributed by atoms with Gasteiger partial charge in [0.05, 0.1) is 0 Å². The van der Waals surface area contributed by atoms with E-state index in [1.165, 1.54) is 0 Å². The molecule has 62 valence electrons.